The number of aromatic nitrogens is 2. The number of nitrogens with zero attached hydrogens (tertiary/aromatic N) is 3. The van der Waals surface area contributed by atoms with Gasteiger partial charge >= 0.3 is 0 Å². The first kappa shape index (κ1) is 18.8. The molecule has 0 atom stereocenters. The normalized spacial score (nSPS) is 14.2. The molecule has 1 fully saturated rings. The molecule has 0 unspecified atom stereocenters. The fraction of sp³-hybridized carbons (Fsp3) is 0.261. The van der Waals surface area contributed by atoms with Gasteiger partial charge in [0.25, 0.3) is 0 Å². The maximum atomic E-state index is 12.7. The van der Waals surface area contributed by atoms with E-state index in [1.165, 1.54) is 0 Å². The summed E-state index contributed by atoms with van der Waals surface area (Å²) in [7, 11) is 0. The van der Waals surface area contributed by atoms with Crippen LogP contribution in [0.15, 0.2) is 60.7 Å². The van der Waals surface area contributed by atoms with Crippen LogP contribution in [-0.4, -0.2) is 22.2 Å². The zero-order valence-electron chi connectivity index (χ0n) is 16.1. The molecule has 6 nitrogen and oxygen atoms in total. The third kappa shape index (κ3) is 3.59. The number of anilines is 1. The third-order valence-corrected chi connectivity index (χ3v) is 5.49. The van der Waals surface area contributed by atoms with Gasteiger partial charge in [-0.25, -0.2) is 4.68 Å². The lowest BCUT2D eigenvalue weighted by molar-refractivity contribution is -0.123. The highest BCUT2D eigenvalue weighted by molar-refractivity contribution is 5.91. The average molecular weight is 385 g/mol. The molecule has 1 aromatic heterocycles. The van der Waals surface area contributed by atoms with Crippen LogP contribution in [-0.2, 0) is 16.6 Å². The number of para-hydroxylation sites is 1. The SMILES string of the molecule is N#Cc1c(CCCNC(=O)C2(c3ccccc3)CC2)nn(-c2ccccc2)c1N. The topological polar surface area (TPSA) is 96.7 Å². The fourth-order valence-corrected chi connectivity index (χ4v) is 3.70. The monoisotopic (exact) mass is 385 g/mol. The molecule has 0 aliphatic heterocycles. The standard InChI is InChI=1S/C23H23N5O/c24-16-19-20(27-28(21(19)25)18-10-5-2-6-11-18)12-7-15-26-22(29)23(13-14-23)17-8-3-1-4-9-17/h1-6,8-11H,7,12-15,25H2,(H,26,29). The molecule has 0 radical (unpaired) electrons. The summed E-state index contributed by atoms with van der Waals surface area (Å²) in [6, 6.07) is 21.6. The number of nitrogen functional groups attached to an aromatic ring is 1. The molecule has 0 saturated heterocycles. The molecule has 3 N–H and O–H groups in total. The predicted octanol–water partition coefficient (Wildman–Crippen LogP) is 3.11. The molecular formula is C23H23N5O. The molecule has 0 spiro atoms. The number of amides is 1. The molecule has 3 aromatic rings. The first-order chi connectivity index (χ1) is 14.2. The van der Waals surface area contributed by atoms with Gasteiger partial charge in [0, 0.05) is 6.54 Å². The molecule has 1 aliphatic rings. The summed E-state index contributed by atoms with van der Waals surface area (Å²) in [4.78, 5) is 12.7. The molecule has 6 heteroatoms. The van der Waals surface area contributed by atoms with Crippen molar-refractivity contribution in [2.24, 2.45) is 0 Å². The van der Waals surface area contributed by atoms with Crippen LogP contribution in [0.5, 0.6) is 0 Å². The molecule has 1 heterocycles. The zero-order valence-corrected chi connectivity index (χ0v) is 16.1. The number of rotatable bonds is 7. The summed E-state index contributed by atoms with van der Waals surface area (Å²) in [5.74, 6) is 0.428. The summed E-state index contributed by atoms with van der Waals surface area (Å²) in [5, 5.41) is 17.1. The van der Waals surface area contributed by atoms with E-state index in [0.29, 0.717) is 36.5 Å². The number of carbonyl (C=O) groups is 1. The molecule has 1 aliphatic carbocycles. The fourth-order valence-electron chi connectivity index (χ4n) is 3.70. The van der Waals surface area contributed by atoms with Crippen molar-refractivity contribution in [3.8, 4) is 11.8 Å². The Labute approximate surface area is 170 Å². The molecule has 146 valence electrons. The average Bonchev–Trinajstić information content (AvgIpc) is 3.52. The van der Waals surface area contributed by atoms with E-state index in [0.717, 1.165) is 24.1 Å². The maximum absolute atomic E-state index is 12.7. The number of nitriles is 1. The van der Waals surface area contributed by atoms with E-state index < -0.39 is 0 Å². The van der Waals surface area contributed by atoms with Crippen molar-refractivity contribution < 1.29 is 4.79 Å². The molecule has 29 heavy (non-hydrogen) atoms. The van der Waals surface area contributed by atoms with Gasteiger partial charge in [-0.3, -0.25) is 4.79 Å². The lowest BCUT2D eigenvalue weighted by Gasteiger charge is -2.15. The van der Waals surface area contributed by atoms with Gasteiger partial charge in [-0.15, -0.1) is 0 Å². The smallest absolute Gasteiger partial charge is 0.230 e. The van der Waals surface area contributed by atoms with E-state index in [1.807, 2.05) is 60.7 Å². The van der Waals surface area contributed by atoms with Crippen molar-refractivity contribution in [1.82, 2.24) is 15.1 Å². The van der Waals surface area contributed by atoms with Crippen LogP contribution in [0.2, 0.25) is 0 Å². The number of aryl methyl sites for hydroxylation is 1. The largest absolute Gasteiger partial charge is 0.382 e. The first-order valence-corrected chi connectivity index (χ1v) is 9.82. The van der Waals surface area contributed by atoms with Crippen molar-refractivity contribution in [3.05, 3.63) is 77.5 Å². The second-order valence-electron chi connectivity index (χ2n) is 7.37. The van der Waals surface area contributed by atoms with Gasteiger partial charge < -0.3 is 11.1 Å². The van der Waals surface area contributed by atoms with Gasteiger partial charge in [-0.2, -0.15) is 10.4 Å². The number of hydrogen-bond acceptors (Lipinski definition) is 4. The predicted molar refractivity (Wildman–Crippen MR) is 111 cm³/mol. The van der Waals surface area contributed by atoms with Gasteiger partial charge in [0.2, 0.25) is 5.91 Å². The van der Waals surface area contributed by atoms with Crippen molar-refractivity contribution in [1.29, 1.82) is 5.26 Å². The summed E-state index contributed by atoms with van der Waals surface area (Å²) >= 11 is 0. The van der Waals surface area contributed by atoms with E-state index in [2.05, 4.69) is 16.5 Å². The van der Waals surface area contributed by atoms with Crippen LogP contribution >= 0.6 is 0 Å². The van der Waals surface area contributed by atoms with Crippen LogP contribution < -0.4 is 11.1 Å². The maximum Gasteiger partial charge on any atom is 0.230 e. The number of carbonyl (C=O) groups excluding carboxylic acids is 1. The Hall–Kier alpha value is -3.59. The summed E-state index contributed by atoms with van der Waals surface area (Å²) in [6.07, 6.45) is 3.04. The van der Waals surface area contributed by atoms with Crippen molar-refractivity contribution in [2.75, 3.05) is 12.3 Å². The first-order valence-electron chi connectivity index (χ1n) is 9.82. The van der Waals surface area contributed by atoms with Crippen molar-refractivity contribution >= 4 is 11.7 Å². The van der Waals surface area contributed by atoms with E-state index >= 15 is 0 Å². The van der Waals surface area contributed by atoms with Gasteiger partial charge in [-0.1, -0.05) is 48.5 Å². The van der Waals surface area contributed by atoms with E-state index in [1.54, 1.807) is 4.68 Å². The minimum Gasteiger partial charge on any atom is -0.382 e. The molecule has 4 rings (SSSR count). The van der Waals surface area contributed by atoms with Crippen LogP contribution in [0.25, 0.3) is 5.69 Å². The van der Waals surface area contributed by atoms with Gasteiger partial charge in [0.05, 0.1) is 16.8 Å². The number of hydrogen-bond donors (Lipinski definition) is 2. The Morgan fingerprint density at radius 2 is 1.79 bits per heavy atom. The highest BCUT2D eigenvalue weighted by atomic mass is 16.2. The molecule has 1 saturated carbocycles. The van der Waals surface area contributed by atoms with Crippen LogP contribution in [0.4, 0.5) is 5.82 Å². The summed E-state index contributed by atoms with van der Waals surface area (Å²) in [6.45, 7) is 0.538. The third-order valence-electron chi connectivity index (χ3n) is 5.49. The lowest BCUT2D eigenvalue weighted by Crippen LogP contribution is -2.35. The van der Waals surface area contributed by atoms with Gasteiger partial charge in [-0.05, 0) is 43.4 Å². The van der Waals surface area contributed by atoms with Crippen LogP contribution in [0.1, 0.15) is 36.1 Å². The van der Waals surface area contributed by atoms with E-state index in [4.69, 9.17) is 5.73 Å². The van der Waals surface area contributed by atoms with Gasteiger partial charge in [0.1, 0.15) is 17.5 Å². The number of nitrogens with two attached hydrogens (primary N) is 1. The second kappa shape index (κ2) is 7.80. The van der Waals surface area contributed by atoms with Crippen molar-refractivity contribution in [2.45, 2.75) is 31.1 Å². The Kier molecular flexibility index (Phi) is 5.05. The Balaban J connectivity index is 1.38. The highest BCUT2D eigenvalue weighted by Gasteiger charge is 2.50. The number of benzene rings is 2. The minimum atomic E-state index is -0.363. The van der Waals surface area contributed by atoms with E-state index in [9.17, 15) is 10.1 Å². The Morgan fingerprint density at radius 1 is 1.14 bits per heavy atom. The Morgan fingerprint density at radius 3 is 2.41 bits per heavy atom. The van der Waals surface area contributed by atoms with Gasteiger partial charge in [0.15, 0.2) is 0 Å². The minimum absolute atomic E-state index is 0.0820. The summed E-state index contributed by atoms with van der Waals surface area (Å²) in [5.41, 5.74) is 8.74. The Bertz CT molecular complexity index is 1050. The molecular weight excluding hydrogens is 362 g/mol. The lowest BCUT2D eigenvalue weighted by atomic mass is 9.95. The number of nitrogens with one attached hydrogen (secondary N) is 1. The highest BCUT2D eigenvalue weighted by Crippen LogP contribution is 2.48. The second-order valence-corrected chi connectivity index (χ2v) is 7.37. The van der Waals surface area contributed by atoms with Crippen LogP contribution in [0.3, 0.4) is 0 Å². The molecule has 2 aromatic carbocycles. The van der Waals surface area contributed by atoms with Crippen molar-refractivity contribution in [3.63, 3.8) is 0 Å². The van der Waals surface area contributed by atoms with Crippen LogP contribution in [0, 0.1) is 11.3 Å². The molecule has 0 bridgehead atoms. The summed E-state index contributed by atoms with van der Waals surface area (Å²) < 4.78 is 1.60. The quantitative estimate of drug-likeness (QED) is 0.611. The zero-order chi connectivity index (χ0) is 20.3. The van der Waals surface area contributed by atoms with E-state index in [-0.39, 0.29) is 11.3 Å². The molecule has 1 amide bonds.